The summed E-state index contributed by atoms with van der Waals surface area (Å²) in [6.45, 7) is 6.41. The summed E-state index contributed by atoms with van der Waals surface area (Å²) < 4.78 is 0. The van der Waals surface area contributed by atoms with Crippen LogP contribution in [-0.4, -0.2) is 16.8 Å². The van der Waals surface area contributed by atoms with Gasteiger partial charge in [-0.05, 0) is 13.0 Å². The Morgan fingerprint density at radius 2 is 1.62 bits per heavy atom. The van der Waals surface area contributed by atoms with Crippen LogP contribution in [0.4, 0.5) is 0 Å². The minimum atomic E-state index is -0.128. The first kappa shape index (κ1) is 16.5. The molecule has 3 heteroatoms. The third-order valence-electron chi connectivity index (χ3n) is 4.67. The minimum Gasteiger partial charge on any atom is -0.360 e. The van der Waals surface area contributed by atoms with E-state index in [-0.39, 0.29) is 17.9 Å². The molecule has 24 heavy (non-hydrogen) atoms. The molecular formula is C21H25N2O+. The second kappa shape index (κ2) is 7.02. The molecule has 0 spiro atoms. The van der Waals surface area contributed by atoms with Crippen molar-refractivity contribution in [1.82, 2.24) is 4.98 Å². The van der Waals surface area contributed by atoms with Crippen molar-refractivity contribution >= 4 is 16.7 Å². The van der Waals surface area contributed by atoms with Gasteiger partial charge in [0, 0.05) is 34.1 Å². The van der Waals surface area contributed by atoms with E-state index < -0.39 is 0 Å². The van der Waals surface area contributed by atoms with Crippen molar-refractivity contribution < 1.29 is 10.1 Å². The van der Waals surface area contributed by atoms with Crippen LogP contribution in [0.5, 0.6) is 0 Å². The van der Waals surface area contributed by atoms with Crippen LogP contribution in [0.25, 0.3) is 10.9 Å². The molecule has 3 aromatic rings. The monoisotopic (exact) mass is 321 g/mol. The van der Waals surface area contributed by atoms with Gasteiger partial charge in [0.25, 0.3) is 0 Å². The first-order valence-corrected chi connectivity index (χ1v) is 8.58. The topological polar surface area (TPSA) is 49.5 Å². The van der Waals surface area contributed by atoms with E-state index in [0.717, 1.165) is 16.5 Å². The maximum Gasteiger partial charge on any atom is 0.221 e. The first-order chi connectivity index (χ1) is 11.6. The number of aromatic nitrogens is 1. The molecule has 0 aliphatic heterocycles. The average Bonchev–Trinajstić information content (AvgIpc) is 3.03. The molecule has 0 bridgehead atoms. The molecule has 1 heterocycles. The predicted molar refractivity (Wildman–Crippen MR) is 98.0 cm³/mol. The number of carbonyl (C=O) groups excluding carboxylic acids is 1. The number of hydrogen-bond donors (Lipinski definition) is 2. The molecule has 0 radical (unpaired) electrons. The number of Topliss-reactive ketones (excluding diaryl/α,β-unsaturated/α-hetero) is 1. The molecule has 0 saturated heterocycles. The Morgan fingerprint density at radius 1 is 0.958 bits per heavy atom. The molecule has 2 aromatic carbocycles. The second-order valence-corrected chi connectivity index (χ2v) is 6.77. The zero-order chi connectivity index (χ0) is 17.1. The SMILES string of the molecule is CC(C)[C@@H]([NH2+][C@@H](C)C(=O)c1c[nH]c2ccccc12)c1ccccc1. The van der Waals surface area contributed by atoms with Crippen LogP contribution in [0.15, 0.2) is 60.8 Å². The Morgan fingerprint density at radius 3 is 2.33 bits per heavy atom. The van der Waals surface area contributed by atoms with Crippen molar-refractivity contribution in [2.75, 3.05) is 0 Å². The molecule has 3 rings (SSSR count). The standard InChI is InChI=1S/C21H24N2O/c1-14(2)20(16-9-5-4-6-10-16)23-15(3)21(24)18-13-22-19-12-8-7-11-17(18)19/h4-15,20,22-23H,1-3H3/p+1/t15-,20+/m0/s1. The lowest BCUT2D eigenvalue weighted by molar-refractivity contribution is -0.718. The van der Waals surface area contributed by atoms with Gasteiger partial charge in [-0.25, -0.2) is 0 Å². The van der Waals surface area contributed by atoms with Crippen LogP contribution < -0.4 is 5.32 Å². The lowest BCUT2D eigenvalue weighted by Gasteiger charge is -2.23. The average molecular weight is 321 g/mol. The van der Waals surface area contributed by atoms with Gasteiger partial charge in [0.2, 0.25) is 5.78 Å². The quantitative estimate of drug-likeness (QED) is 0.668. The van der Waals surface area contributed by atoms with Crippen LogP contribution >= 0.6 is 0 Å². The van der Waals surface area contributed by atoms with E-state index in [0.29, 0.717) is 5.92 Å². The van der Waals surface area contributed by atoms with E-state index in [1.165, 1.54) is 5.56 Å². The summed E-state index contributed by atoms with van der Waals surface area (Å²) in [5, 5.41) is 3.20. The van der Waals surface area contributed by atoms with Gasteiger partial charge >= 0.3 is 0 Å². The number of carbonyl (C=O) groups is 1. The Bertz CT molecular complexity index is 820. The normalized spacial score (nSPS) is 14.0. The second-order valence-electron chi connectivity index (χ2n) is 6.77. The van der Waals surface area contributed by atoms with Crippen molar-refractivity contribution in [3.63, 3.8) is 0 Å². The number of hydrogen-bond acceptors (Lipinski definition) is 1. The summed E-state index contributed by atoms with van der Waals surface area (Å²) in [7, 11) is 0. The van der Waals surface area contributed by atoms with E-state index in [4.69, 9.17) is 0 Å². The molecule has 1 aromatic heterocycles. The number of ketones is 1. The van der Waals surface area contributed by atoms with E-state index >= 15 is 0 Å². The van der Waals surface area contributed by atoms with Crippen LogP contribution in [0.2, 0.25) is 0 Å². The number of benzene rings is 2. The van der Waals surface area contributed by atoms with Gasteiger partial charge < -0.3 is 10.3 Å². The summed E-state index contributed by atoms with van der Waals surface area (Å²) in [6, 6.07) is 18.5. The summed E-state index contributed by atoms with van der Waals surface area (Å²) in [5.41, 5.74) is 3.06. The van der Waals surface area contributed by atoms with Gasteiger partial charge in [0.15, 0.2) is 0 Å². The molecule has 2 atom stereocenters. The highest BCUT2D eigenvalue weighted by atomic mass is 16.1. The number of H-pyrrole nitrogens is 1. The number of fused-ring (bicyclic) bond motifs is 1. The molecule has 0 aliphatic rings. The van der Waals surface area contributed by atoms with E-state index in [9.17, 15) is 4.79 Å². The number of nitrogens with one attached hydrogen (secondary N) is 1. The van der Waals surface area contributed by atoms with Crippen molar-refractivity contribution in [2.24, 2.45) is 5.92 Å². The Hall–Kier alpha value is -2.39. The van der Waals surface area contributed by atoms with Crippen LogP contribution in [-0.2, 0) is 0 Å². The maximum absolute atomic E-state index is 13.0. The van der Waals surface area contributed by atoms with Gasteiger partial charge in [-0.15, -0.1) is 0 Å². The summed E-state index contributed by atoms with van der Waals surface area (Å²) >= 11 is 0. The Kier molecular flexibility index (Phi) is 4.81. The zero-order valence-electron chi connectivity index (χ0n) is 14.5. The fourth-order valence-corrected chi connectivity index (χ4v) is 3.31. The fraction of sp³-hybridized carbons (Fsp3) is 0.286. The lowest BCUT2D eigenvalue weighted by atomic mass is 9.94. The molecule has 0 aliphatic carbocycles. The smallest absolute Gasteiger partial charge is 0.221 e. The molecule has 0 amide bonds. The van der Waals surface area contributed by atoms with Gasteiger partial charge in [-0.3, -0.25) is 4.79 Å². The number of quaternary nitrogens is 1. The van der Waals surface area contributed by atoms with Gasteiger partial charge in [-0.2, -0.15) is 0 Å². The largest absolute Gasteiger partial charge is 0.360 e. The van der Waals surface area contributed by atoms with Gasteiger partial charge in [-0.1, -0.05) is 62.4 Å². The molecule has 3 N–H and O–H groups in total. The molecule has 124 valence electrons. The molecular weight excluding hydrogens is 296 g/mol. The predicted octanol–water partition coefficient (Wildman–Crippen LogP) is 3.70. The maximum atomic E-state index is 13.0. The first-order valence-electron chi connectivity index (χ1n) is 8.58. The summed E-state index contributed by atoms with van der Waals surface area (Å²) in [4.78, 5) is 16.2. The third-order valence-corrected chi connectivity index (χ3v) is 4.67. The highest BCUT2D eigenvalue weighted by Crippen LogP contribution is 2.20. The van der Waals surface area contributed by atoms with Crippen molar-refractivity contribution in [3.05, 3.63) is 71.9 Å². The minimum absolute atomic E-state index is 0.128. The highest BCUT2D eigenvalue weighted by molar-refractivity contribution is 6.09. The number of nitrogens with two attached hydrogens (primary N) is 1. The van der Waals surface area contributed by atoms with Crippen molar-refractivity contribution in [2.45, 2.75) is 32.9 Å². The summed E-state index contributed by atoms with van der Waals surface area (Å²) in [5.74, 6) is 0.625. The zero-order valence-corrected chi connectivity index (χ0v) is 14.5. The third kappa shape index (κ3) is 3.26. The van der Waals surface area contributed by atoms with Crippen molar-refractivity contribution in [1.29, 1.82) is 0 Å². The molecule has 3 nitrogen and oxygen atoms in total. The van der Waals surface area contributed by atoms with Gasteiger partial charge in [0.05, 0.1) is 0 Å². The molecule has 0 saturated carbocycles. The number of para-hydroxylation sites is 1. The fourth-order valence-electron chi connectivity index (χ4n) is 3.31. The number of aromatic amines is 1. The van der Waals surface area contributed by atoms with Crippen LogP contribution in [0.1, 0.15) is 42.7 Å². The van der Waals surface area contributed by atoms with E-state index in [2.05, 4.69) is 48.4 Å². The summed E-state index contributed by atoms with van der Waals surface area (Å²) in [6.07, 6.45) is 1.84. The van der Waals surface area contributed by atoms with E-state index in [1.54, 1.807) is 0 Å². The lowest BCUT2D eigenvalue weighted by Crippen LogP contribution is -2.92. The van der Waals surface area contributed by atoms with Crippen LogP contribution in [0.3, 0.4) is 0 Å². The number of rotatable bonds is 6. The molecule has 0 unspecified atom stereocenters. The van der Waals surface area contributed by atoms with Gasteiger partial charge in [0.1, 0.15) is 12.1 Å². The Labute approximate surface area is 143 Å². The van der Waals surface area contributed by atoms with E-state index in [1.807, 2.05) is 43.5 Å². The van der Waals surface area contributed by atoms with Crippen molar-refractivity contribution in [3.8, 4) is 0 Å². The highest BCUT2D eigenvalue weighted by Gasteiger charge is 2.27. The van der Waals surface area contributed by atoms with Crippen LogP contribution in [0, 0.1) is 5.92 Å². The molecule has 0 fully saturated rings. The Balaban J connectivity index is 1.82.